The summed E-state index contributed by atoms with van der Waals surface area (Å²) < 4.78 is 2.02. The molecular formula is C24H27N5O. The zero-order valence-electron chi connectivity index (χ0n) is 17.6. The van der Waals surface area contributed by atoms with Gasteiger partial charge in [-0.15, -0.1) is 0 Å². The third kappa shape index (κ3) is 4.23. The molecule has 0 bridgehead atoms. The Kier molecular flexibility index (Phi) is 5.84. The molecule has 0 unspecified atom stereocenters. The molecule has 6 heteroatoms. The van der Waals surface area contributed by atoms with E-state index >= 15 is 0 Å². The van der Waals surface area contributed by atoms with Crippen molar-refractivity contribution < 1.29 is 4.79 Å². The van der Waals surface area contributed by atoms with Crippen LogP contribution in [0.15, 0.2) is 48.8 Å². The monoisotopic (exact) mass is 401 g/mol. The maximum absolute atomic E-state index is 12.5. The number of benzene rings is 1. The van der Waals surface area contributed by atoms with Crippen molar-refractivity contribution in [2.75, 3.05) is 38.0 Å². The standard InChI is InChI=1S/C24H27N5O/c1-18-6-5-7-19(2)24(18)26-23(30)17-28-12-10-27(11-13-28)15-20-16-29-9-4-3-8-22(29)21(20)14-25/h3-9,16H,10-13,15,17H2,1-2H3,(H,26,30). The van der Waals surface area contributed by atoms with Gasteiger partial charge in [-0.25, -0.2) is 0 Å². The number of pyridine rings is 1. The summed E-state index contributed by atoms with van der Waals surface area (Å²) in [6.07, 6.45) is 4.03. The van der Waals surface area contributed by atoms with Gasteiger partial charge in [-0.3, -0.25) is 14.6 Å². The van der Waals surface area contributed by atoms with E-state index in [1.54, 1.807) is 0 Å². The quantitative estimate of drug-likeness (QED) is 0.713. The Morgan fingerprint density at radius 3 is 2.43 bits per heavy atom. The Bertz CT molecular complexity index is 1080. The minimum Gasteiger partial charge on any atom is -0.324 e. The molecule has 1 N–H and O–H groups in total. The highest BCUT2D eigenvalue weighted by Gasteiger charge is 2.21. The number of aromatic nitrogens is 1. The Hall–Kier alpha value is -3.14. The summed E-state index contributed by atoms with van der Waals surface area (Å²) in [5, 5.41) is 12.7. The number of piperazine rings is 1. The van der Waals surface area contributed by atoms with E-state index in [-0.39, 0.29) is 5.91 Å². The maximum Gasteiger partial charge on any atom is 0.238 e. The minimum absolute atomic E-state index is 0.0336. The molecule has 0 radical (unpaired) electrons. The number of para-hydroxylation sites is 1. The van der Waals surface area contributed by atoms with E-state index in [4.69, 9.17) is 0 Å². The second-order valence-electron chi connectivity index (χ2n) is 8.00. The highest BCUT2D eigenvalue weighted by atomic mass is 16.2. The Balaban J connectivity index is 1.32. The number of carbonyl (C=O) groups is 1. The van der Waals surface area contributed by atoms with Crippen molar-refractivity contribution in [2.24, 2.45) is 0 Å². The molecule has 1 saturated heterocycles. The molecule has 0 atom stereocenters. The first-order valence-corrected chi connectivity index (χ1v) is 10.3. The molecule has 6 nitrogen and oxygen atoms in total. The lowest BCUT2D eigenvalue weighted by atomic mass is 10.1. The molecule has 1 aliphatic rings. The molecule has 1 aliphatic heterocycles. The van der Waals surface area contributed by atoms with E-state index in [0.29, 0.717) is 6.54 Å². The van der Waals surface area contributed by atoms with Crippen LogP contribution in [-0.4, -0.2) is 52.8 Å². The third-order valence-corrected chi connectivity index (χ3v) is 5.85. The first kappa shape index (κ1) is 20.1. The number of anilines is 1. The zero-order chi connectivity index (χ0) is 21.1. The van der Waals surface area contributed by atoms with E-state index in [1.165, 1.54) is 0 Å². The molecule has 0 spiro atoms. The van der Waals surface area contributed by atoms with Crippen molar-refractivity contribution in [2.45, 2.75) is 20.4 Å². The number of aryl methyl sites for hydroxylation is 2. The van der Waals surface area contributed by atoms with Gasteiger partial charge in [0.15, 0.2) is 0 Å². The fourth-order valence-electron chi connectivity index (χ4n) is 4.17. The van der Waals surface area contributed by atoms with Gasteiger partial charge in [-0.05, 0) is 37.1 Å². The molecule has 0 aliphatic carbocycles. The maximum atomic E-state index is 12.5. The molecule has 30 heavy (non-hydrogen) atoms. The first-order chi connectivity index (χ1) is 14.5. The van der Waals surface area contributed by atoms with E-state index in [0.717, 1.165) is 66.2 Å². The summed E-state index contributed by atoms with van der Waals surface area (Å²) >= 11 is 0. The summed E-state index contributed by atoms with van der Waals surface area (Å²) in [4.78, 5) is 17.1. The van der Waals surface area contributed by atoms with Crippen LogP contribution in [0, 0.1) is 25.2 Å². The van der Waals surface area contributed by atoms with Crippen LogP contribution in [-0.2, 0) is 11.3 Å². The van der Waals surface area contributed by atoms with E-state index in [1.807, 2.05) is 60.8 Å². The number of amides is 1. The van der Waals surface area contributed by atoms with Crippen LogP contribution in [0.5, 0.6) is 0 Å². The van der Waals surface area contributed by atoms with Crippen molar-refractivity contribution in [3.05, 3.63) is 71.0 Å². The Morgan fingerprint density at radius 2 is 1.73 bits per heavy atom. The van der Waals surface area contributed by atoms with Crippen LogP contribution in [0.3, 0.4) is 0 Å². The van der Waals surface area contributed by atoms with Gasteiger partial charge >= 0.3 is 0 Å². The number of carbonyl (C=O) groups excluding carboxylic acids is 1. The summed E-state index contributed by atoms with van der Waals surface area (Å²) in [6, 6.07) is 14.3. The number of nitriles is 1. The average Bonchev–Trinajstić information content (AvgIpc) is 3.09. The molecule has 2 aromatic heterocycles. The van der Waals surface area contributed by atoms with Crippen molar-refractivity contribution in [1.82, 2.24) is 14.2 Å². The van der Waals surface area contributed by atoms with Gasteiger partial charge in [-0.1, -0.05) is 24.3 Å². The first-order valence-electron chi connectivity index (χ1n) is 10.3. The zero-order valence-corrected chi connectivity index (χ0v) is 17.6. The number of nitrogens with zero attached hydrogens (tertiary/aromatic N) is 4. The van der Waals surface area contributed by atoms with Crippen LogP contribution >= 0.6 is 0 Å². The van der Waals surface area contributed by atoms with Crippen molar-refractivity contribution in [1.29, 1.82) is 5.26 Å². The predicted molar refractivity (Wildman–Crippen MR) is 118 cm³/mol. The lowest BCUT2D eigenvalue weighted by Crippen LogP contribution is -2.48. The van der Waals surface area contributed by atoms with E-state index < -0.39 is 0 Å². The number of rotatable bonds is 5. The molecule has 3 aromatic rings. The molecule has 1 aromatic carbocycles. The lowest BCUT2D eigenvalue weighted by molar-refractivity contribution is -0.117. The fraction of sp³-hybridized carbons (Fsp3) is 0.333. The molecule has 4 rings (SSSR count). The molecule has 154 valence electrons. The highest BCUT2D eigenvalue weighted by molar-refractivity contribution is 5.93. The Labute approximate surface area is 177 Å². The number of fused-ring (bicyclic) bond motifs is 1. The SMILES string of the molecule is Cc1cccc(C)c1NC(=O)CN1CCN(Cc2cn3ccccc3c2C#N)CC1. The summed E-state index contributed by atoms with van der Waals surface area (Å²) in [5.74, 6) is 0.0336. The van der Waals surface area contributed by atoms with Gasteiger partial charge in [-0.2, -0.15) is 5.26 Å². The van der Waals surface area contributed by atoms with Gasteiger partial charge in [0.1, 0.15) is 6.07 Å². The summed E-state index contributed by atoms with van der Waals surface area (Å²) in [7, 11) is 0. The fourth-order valence-corrected chi connectivity index (χ4v) is 4.17. The Morgan fingerprint density at radius 1 is 1.03 bits per heavy atom. The second-order valence-corrected chi connectivity index (χ2v) is 8.00. The van der Waals surface area contributed by atoms with Gasteiger partial charge in [0, 0.05) is 56.4 Å². The predicted octanol–water partition coefficient (Wildman–Crippen LogP) is 3.18. The molecule has 0 saturated carbocycles. The second kappa shape index (κ2) is 8.70. The lowest BCUT2D eigenvalue weighted by Gasteiger charge is -2.34. The topological polar surface area (TPSA) is 63.8 Å². The summed E-state index contributed by atoms with van der Waals surface area (Å²) in [6.45, 7) is 8.64. The number of hydrogen-bond donors (Lipinski definition) is 1. The van der Waals surface area contributed by atoms with E-state index in [9.17, 15) is 10.1 Å². The van der Waals surface area contributed by atoms with Crippen LogP contribution in [0.2, 0.25) is 0 Å². The van der Waals surface area contributed by atoms with Gasteiger partial charge in [0.25, 0.3) is 0 Å². The van der Waals surface area contributed by atoms with Crippen LogP contribution in [0.25, 0.3) is 5.52 Å². The van der Waals surface area contributed by atoms with Crippen LogP contribution < -0.4 is 5.32 Å². The van der Waals surface area contributed by atoms with Crippen molar-refractivity contribution in [3.8, 4) is 6.07 Å². The van der Waals surface area contributed by atoms with Crippen molar-refractivity contribution in [3.63, 3.8) is 0 Å². The molecular weight excluding hydrogens is 374 g/mol. The number of hydrogen-bond acceptors (Lipinski definition) is 4. The smallest absolute Gasteiger partial charge is 0.238 e. The molecule has 1 amide bonds. The van der Waals surface area contributed by atoms with E-state index in [2.05, 4.69) is 27.4 Å². The van der Waals surface area contributed by atoms with Gasteiger partial charge in [0.05, 0.1) is 17.6 Å². The largest absolute Gasteiger partial charge is 0.324 e. The van der Waals surface area contributed by atoms with Crippen LogP contribution in [0.4, 0.5) is 5.69 Å². The molecule has 3 heterocycles. The average molecular weight is 402 g/mol. The normalized spacial score (nSPS) is 15.2. The van der Waals surface area contributed by atoms with Gasteiger partial charge in [0.2, 0.25) is 5.91 Å². The molecule has 1 fully saturated rings. The van der Waals surface area contributed by atoms with Crippen LogP contribution in [0.1, 0.15) is 22.3 Å². The minimum atomic E-state index is 0.0336. The van der Waals surface area contributed by atoms with Gasteiger partial charge < -0.3 is 9.72 Å². The number of nitrogens with one attached hydrogen (secondary N) is 1. The summed E-state index contributed by atoms with van der Waals surface area (Å²) in [5.41, 5.74) is 5.86. The highest BCUT2D eigenvalue weighted by Crippen LogP contribution is 2.21. The third-order valence-electron chi connectivity index (χ3n) is 5.85. The van der Waals surface area contributed by atoms with Crippen molar-refractivity contribution >= 4 is 17.1 Å².